The van der Waals surface area contributed by atoms with Crippen LogP contribution in [0.1, 0.15) is 57.0 Å². The molecule has 1 saturated carbocycles. The highest BCUT2D eigenvalue weighted by Gasteiger charge is 2.48. The monoisotopic (exact) mass is 586 g/mol. The molecule has 15 heteroatoms. The number of nitrogens with two attached hydrogens (primary N) is 1. The first-order chi connectivity index (χ1) is 20.2. The molecule has 2 aromatic rings. The van der Waals surface area contributed by atoms with Crippen molar-refractivity contribution in [2.45, 2.75) is 88.1 Å². The van der Waals surface area contributed by atoms with Gasteiger partial charge in [-0.1, -0.05) is 0 Å². The first-order valence-corrected chi connectivity index (χ1v) is 14.7. The third-order valence-electron chi connectivity index (χ3n) is 8.70. The Morgan fingerprint density at radius 1 is 1.12 bits per heavy atom. The van der Waals surface area contributed by atoms with Crippen LogP contribution in [0, 0.1) is 5.92 Å². The summed E-state index contributed by atoms with van der Waals surface area (Å²) in [4.78, 5) is 53.7. The summed E-state index contributed by atoms with van der Waals surface area (Å²) in [5, 5.41) is 24.0. The Hall–Kier alpha value is -3.56. The van der Waals surface area contributed by atoms with Crippen molar-refractivity contribution in [1.29, 1.82) is 0 Å². The smallest absolute Gasteiger partial charge is 0.410 e. The maximum absolute atomic E-state index is 12.5. The maximum atomic E-state index is 12.5. The van der Waals surface area contributed by atoms with Gasteiger partial charge in [0.1, 0.15) is 23.5 Å². The number of imidazole rings is 1. The summed E-state index contributed by atoms with van der Waals surface area (Å²) in [6.45, 7) is 1.77. The minimum atomic E-state index is -1.40. The SMILES string of the molecule is CN1CCC(OC(=O)N2CCC(CCCc3nc(N)c4ncn([C@@H]5O[C@H](C(=O)NC6CC6)C(O)[C@@H]5O)c4n3)CC2)C1=O. The predicted octanol–water partition coefficient (Wildman–Crippen LogP) is -0.292. The number of nitrogen functional groups attached to an aromatic ring is 1. The molecule has 3 saturated heterocycles. The number of piperidine rings is 1. The summed E-state index contributed by atoms with van der Waals surface area (Å²) in [6, 6.07) is 0.0915. The minimum Gasteiger partial charge on any atom is -0.436 e. The lowest BCUT2D eigenvalue weighted by atomic mass is 9.91. The molecule has 5 N–H and O–H groups in total. The van der Waals surface area contributed by atoms with E-state index in [2.05, 4.69) is 20.3 Å². The summed E-state index contributed by atoms with van der Waals surface area (Å²) in [5.41, 5.74) is 6.89. The lowest BCUT2D eigenvalue weighted by Crippen LogP contribution is -2.43. The van der Waals surface area contributed by atoms with Gasteiger partial charge >= 0.3 is 6.09 Å². The average molecular weight is 587 g/mol. The topological polar surface area (TPSA) is 198 Å². The van der Waals surface area contributed by atoms with Gasteiger partial charge in [-0.3, -0.25) is 14.2 Å². The summed E-state index contributed by atoms with van der Waals surface area (Å²) in [5.74, 6) is 0.549. The van der Waals surface area contributed by atoms with E-state index >= 15 is 0 Å². The predicted molar refractivity (Wildman–Crippen MR) is 147 cm³/mol. The third kappa shape index (κ3) is 5.72. The number of aliphatic hydroxyl groups is 2. The second-order valence-electron chi connectivity index (χ2n) is 11.8. The molecule has 4 fully saturated rings. The number of anilines is 1. The van der Waals surface area contributed by atoms with E-state index in [0.29, 0.717) is 55.4 Å². The van der Waals surface area contributed by atoms with Crippen LogP contribution in [0.2, 0.25) is 0 Å². The number of hydrogen-bond acceptors (Lipinski definition) is 11. The molecule has 4 aliphatic rings. The van der Waals surface area contributed by atoms with Gasteiger partial charge < -0.3 is 40.5 Å². The number of aromatic nitrogens is 4. The van der Waals surface area contributed by atoms with Crippen molar-refractivity contribution in [1.82, 2.24) is 34.6 Å². The highest BCUT2D eigenvalue weighted by atomic mass is 16.6. The Labute approximate surface area is 242 Å². The number of rotatable bonds is 8. The van der Waals surface area contributed by atoms with Crippen LogP contribution in [0.5, 0.6) is 0 Å². The number of likely N-dealkylation sites (N-methyl/N-ethyl adjacent to an activating group) is 1. The summed E-state index contributed by atoms with van der Waals surface area (Å²) >= 11 is 0. The fourth-order valence-electron chi connectivity index (χ4n) is 5.95. The van der Waals surface area contributed by atoms with Crippen molar-refractivity contribution in [3.63, 3.8) is 0 Å². The number of hydrogen-bond donors (Lipinski definition) is 4. The lowest BCUT2D eigenvalue weighted by Gasteiger charge is -2.31. The van der Waals surface area contributed by atoms with Crippen LogP contribution in [0.25, 0.3) is 11.2 Å². The van der Waals surface area contributed by atoms with E-state index in [9.17, 15) is 24.6 Å². The quantitative estimate of drug-likeness (QED) is 0.317. The molecular weight excluding hydrogens is 548 g/mol. The van der Waals surface area contributed by atoms with E-state index in [1.807, 2.05) is 0 Å². The van der Waals surface area contributed by atoms with Crippen LogP contribution in [0.15, 0.2) is 6.33 Å². The zero-order chi connectivity index (χ0) is 29.5. The van der Waals surface area contributed by atoms with E-state index in [1.54, 1.807) is 16.8 Å². The highest BCUT2D eigenvalue weighted by molar-refractivity contribution is 5.85. The standard InChI is InChI=1S/C27H38N8O7/c1-33-10-9-16(25(33)39)41-27(40)34-11-7-14(8-12-34)3-2-4-17-31-22(28)18-23(32-17)35(13-29-18)26-20(37)19(36)21(42-26)24(38)30-15-5-6-15/h13-16,19-21,26,36-37H,2-12H2,1H3,(H,30,38)(H2,28,31,32)/t16?,19?,20-,21-,26+/m0/s1. The van der Waals surface area contributed by atoms with Gasteiger partial charge in [-0.2, -0.15) is 0 Å². The van der Waals surface area contributed by atoms with Gasteiger partial charge in [-0.25, -0.2) is 19.7 Å². The second kappa shape index (κ2) is 11.6. The van der Waals surface area contributed by atoms with Gasteiger partial charge in [0.2, 0.25) is 0 Å². The van der Waals surface area contributed by atoms with Crippen molar-refractivity contribution in [3.8, 4) is 0 Å². The molecule has 0 bridgehead atoms. The molecule has 0 spiro atoms. The number of fused-ring (bicyclic) bond motifs is 1. The molecule has 15 nitrogen and oxygen atoms in total. The van der Waals surface area contributed by atoms with Crippen molar-refractivity contribution in [3.05, 3.63) is 12.2 Å². The Morgan fingerprint density at radius 3 is 2.57 bits per heavy atom. The number of likely N-dealkylation sites (tertiary alicyclic amines) is 2. The fraction of sp³-hybridized carbons (Fsp3) is 0.704. The maximum Gasteiger partial charge on any atom is 0.410 e. The van der Waals surface area contributed by atoms with Gasteiger partial charge in [0.25, 0.3) is 11.8 Å². The number of nitrogens with one attached hydrogen (secondary N) is 1. The van der Waals surface area contributed by atoms with E-state index in [0.717, 1.165) is 38.5 Å². The molecule has 3 amide bonds. The zero-order valence-electron chi connectivity index (χ0n) is 23.6. The Balaban J connectivity index is 1.02. The van der Waals surface area contributed by atoms with E-state index in [1.165, 1.54) is 10.9 Å². The molecule has 2 aromatic heterocycles. The van der Waals surface area contributed by atoms with Crippen LogP contribution in [0.4, 0.5) is 10.6 Å². The molecule has 5 heterocycles. The van der Waals surface area contributed by atoms with E-state index in [4.69, 9.17) is 15.2 Å². The third-order valence-corrected chi connectivity index (χ3v) is 8.70. The Morgan fingerprint density at radius 2 is 1.88 bits per heavy atom. The first kappa shape index (κ1) is 28.6. The number of amides is 3. The second-order valence-corrected chi connectivity index (χ2v) is 11.8. The molecule has 5 atom stereocenters. The van der Waals surface area contributed by atoms with Crippen LogP contribution in [0.3, 0.4) is 0 Å². The molecule has 3 aliphatic heterocycles. The van der Waals surface area contributed by atoms with E-state index in [-0.39, 0.29) is 17.8 Å². The van der Waals surface area contributed by atoms with Crippen LogP contribution in [-0.4, -0.2) is 115 Å². The average Bonchev–Trinajstić information content (AvgIpc) is 3.50. The van der Waals surface area contributed by atoms with Crippen LogP contribution < -0.4 is 11.1 Å². The number of nitrogens with zero attached hydrogens (tertiary/aromatic N) is 6. The van der Waals surface area contributed by atoms with Gasteiger partial charge in [0, 0.05) is 45.6 Å². The molecule has 0 radical (unpaired) electrons. The van der Waals surface area contributed by atoms with Crippen molar-refractivity contribution >= 4 is 34.9 Å². The number of aryl methyl sites for hydroxylation is 1. The lowest BCUT2D eigenvalue weighted by molar-refractivity contribution is -0.137. The van der Waals surface area contributed by atoms with Crippen LogP contribution in [-0.2, 0) is 25.5 Å². The van der Waals surface area contributed by atoms with Gasteiger partial charge in [0.15, 0.2) is 29.9 Å². The van der Waals surface area contributed by atoms with Crippen LogP contribution >= 0.6 is 0 Å². The number of aliphatic hydroxyl groups excluding tert-OH is 2. The largest absolute Gasteiger partial charge is 0.436 e. The number of carbonyl (C=O) groups is 3. The molecular formula is C27H38N8O7. The first-order valence-electron chi connectivity index (χ1n) is 14.7. The highest BCUT2D eigenvalue weighted by Crippen LogP contribution is 2.33. The Bertz CT molecular complexity index is 1340. The summed E-state index contributed by atoms with van der Waals surface area (Å²) in [6.07, 6.45) is 1.58. The number of carbonyl (C=O) groups excluding carboxylic acids is 3. The summed E-state index contributed by atoms with van der Waals surface area (Å²) in [7, 11) is 1.71. The van der Waals surface area contributed by atoms with Gasteiger partial charge in [-0.15, -0.1) is 0 Å². The molecule has 2 unspecified atom stereocenters. The van der Waals surface area contributed by atoms with Gasteiger partial charge in [-0.05, 0) is 44.4 Å². The molecule has 228 valence electrons. The normalized spacial score (nSPS) is 28.5. The summed E-state index contributed by atoms with van der Waals surface area (Å²) < 4.78 is 12.7. The number of ether oxygens (including phenoxy) is 2. The Kier molecular flexibility index (Phi) is 7.89. The van der Waals surface area contributed by atoms with Crippen molar-refractivity contribution < 1.29 is 34.1 Å². The molecule has 0 aromatic carbocycles. The minimum absolute atomic E-state index is 0.0915. The zero-order valence-corrected chi connectivity index (χ0v) is 23.6. The molecule has 1 aliphatic carbocycles. The van der Waals surface area contributed by atoms with E-state index < -0.39 is 42.6 Å². The van der Waals surface area contributed by atoms with Crippen molar-refractivity contribution in [2.24, 2.45) is 5.92 Å². The fourth-order valence-corrected chi connectivity index (χ4v) is 5.95. The molecule has 6 rings (SSSR count). The molecule has 42 heavy (non-hydrogen) atoms. The van der Waals surface area contributed by atoms with Crippen molar-refractivity contribution in [2.75, 3.05) is 32.4 Å². The van der Waals surface area contributed by atoms with Gasteiger partial charge in [0.05, 0.1) is 6.33 Å².